The monoisotopic (exact) mass is 584 g/mol. The summed E-state index contributed by atoms with van der Waals surface area (Å²) in [5.74, 6) is 1.78. The minimum Gasteiger partial charge on any atom is -0.479 e. The number of hydrogen-bond donors (Lipinski definition) is 4. The van der Waals surface area contributed by atoms with Crippen molar-refractivity contribution in [2.75, 3.05) is 26.2 Å². The molecule has 43 heavy (non-hydrogen) atoms. The van der Waals surface area contributed by atoms with E-state index in [-0.39, 0.29) is 0 Å². The molecule has 7 nitrogen and oxygen atoms in total. The van der Waals surface area contributed by atoms with Crippen molar-refractivity contribution in [3.05, 3.63) is 108 Å². The lowest BCUT2D eigenvalue weighted by molar-refractivity contribution is -0.146. The van der Waals surface area contributed by atoms with Crippen molar-refractivity contribution >= 4 is 5.97 Å². The van der Waals surface area contributed by atoms with Gasteiger partial charge in [0.15, 0.2) is 6.10 Å². The van der Waals surface area contributed by atoms with Gasteiger partial charge < -0.3 is 21.7 Å². The number of aliphatic hydroxyl groups is 1. The molecule has 5 atom stereocenters. The van der Waals surface area contributed by atoms with Crippen LogP contribution in [0.2, 0.25) is 0 Å². The molecule has 2 aliphatic carbocycles. The van der Waals surface area contributed by atoms with E-state index in [9.17, 15) is 4.79 Å². The van der Waals surface area contributed by atoms with E-state index in [2.05, 4.69) is 70.5 Å². The molecule has 4 unspecified atom stereocenters. The average Bonchev–Trinajstić information content (AvgIpc) is 3.34. The molecule has 2 saturated carbocycles. The van der Waals surface area contributed by atoms with E-state index in [4.69, 9.17) is 21.7 Å². The van der Waals surface area contributed by atoms with Crippen molar-refractivity contribution in [1.82, 2.24) is 9.80 Å². The highest BCUT2D eigenvalue weighted by molar-refractivity contribution is 5.73. The van der Waals surface area contributed by atoms with E-state index in [1.54, 1.807) is 30.3 Å². The van der Waals surface area contributed by atoms with Crippen LogP contribution in [0.3, 0.4) is 0 Å². The van der Waals surface area contributed by atoms with Crippen LogP contribution in [-0.2, 0) is 17.9 Å². The van der Waals surface area contributed by atoms with Gasteiger partial charge in [0.25, 0.3) is 0 Å². The minimum atomic E-state index is -1.41. The summed E-state index contributed by atoms with van der Waals surface area (Å²) in [7, 11) is 0. The first kappa shape index (κ1) is 31.4. The lowest BCUT2D eigenvalue weighted by Gasteiger charge is -2.36. The van der Waals surface area contributed by atoms with Crippen LogP contribution in [0.4, 0.5) is 0 Å². The first-order valence-corrected chi connectivity index (χ1v) is 15.9. The highest BCUT2D eigenvalue weighted by atomic mass is 16.4. The Morgan fingerprint density at radius 1 is 0.628 bits per heavy atom. The third-order valence-electron chi connectivity index (χ3n) is 9.81. The number of hydrogen-bond acceptors (Lipinski definition) is 6. The molecule has 0 aromatic heterocycles. The Hall–Kier alpha value is -3.07. The maximum Gasteiger partial charge on any atom is 0.337 e. The first-order chi connectivity index (χ1) is 20.9. The topological polar surface area (TPSA) is 116 Å². The summed E-state index contributed by atoms with van der Waals surface area (Å²) in [6.07, 6.45) is 3.97. The summed E-state index contributed by atoms with van der Waals surface area (Å²) in [5.41, 5.74) is 15.7. The number of carboxylic acid groups (broad SMARTS) is 1. The summed E-state index contributed by atoms with van der Waals surface area (Å²) in [5, 5.41) is 17.4. The average molecular weight is 585 g/mol. The molecule has 7 rings (SSSR count). The highest BCUT2D eigenvalue weighted by Gasteiger charge is 2.40. The second-order valence-electron chi connectivity index (χ2n) is 12.9. The van der Waals surface area contributed by atoms with E-state index in [0.29, 0.717) is 17.6 Å². The molecule has 2 aliphatic heterocycles. The van der Waals surface area contributed by atoms with Crippen LogP contribution in [0.25, 0.3) is 0 Å². The Morgan fingerprint density at radius 3 is 1.28 bits per heavy atom. The number of nitrogens with two attached hydrogens (primary N) is 2. The van der Waals surface area contributed by atoms with Gasteiger partial charge >= 0.3 is 5.97 Å². The number of benzene rings is 3. The fourth-order valence-corrected chi connectivity index (χ4v) is 7.44. The maximum absolute atomic E-state index is 10.2. The third kappa shape index (κ3) is 8.52. The molecule has 230 valence electrons. The Morgan fingerprint density at radius 2 is 0.953 bits per heavy atom. The van der Waals surface area contributed by atoms with Gasteiger partial charge in [-0.3, -0.25) is 9.80 Å². The Kier molecular flexibility index (Phi) is 11.0. The molecule has 6 N–H and O–H groups in total. The molecule has 3 aromatic carbocycles. The smallest absolute Gasteiger partial charge is 0.337 e. The van der Waals surface area contributed by atoms with Gasteiger partial charge in [-0.25, -0.2) is 4.79 Å². The van der Waals surface area contributed by atoms with E-state index in [1.165, 1.54) is 63.0 Å². The second-order valence-corrected chi connectivity index (χ2v) is 12.9. The molecule has 0 radical (unpaired) electrons. The van der Waals surface area contributed by atoms with E-state index in [0.717, 1.165) is 36.8 Å². The van der Waals surface area contributed by atoms with Crippen molar-refractivity contribution in [3.63, 3.8) is 0 Å². The maximum atomic E-state index is 10.2. The van der Waals surface area contributed by atoms with Crippen LogP contribution < -0.4 is 11.5 Å². The molecule has 7 heteroatoms. The van der Waals surface area contributed by atoms with Crippen LogP contribution >= 0.6 is 0 Å². The van der Waals surface area contributed by atoms with E-state index < -0.39 is 12.1 Å². The first-order valence-electron chi connectivity index (χ1n) is 15.9. The van der Waals surface area contributed by atoms with Crippen molar-refractivity contribution < 1.29 is 15.0 Å². The van der Waals surface area contributed by atoms with Crippen LogP contribution in [0.1, 0.15) is 48.5 Å². The summed E-state index contributed by atoms with van der Waals surface area (Å²) in [6.45, 7) is 7.00. The van der Waals surface area contributed by atoms with Gasteiger partial charge in [0.05, 0.1) is 0 Å². The van der Waals surface area contributed by atoms with Gasteiger partial charge in [0.2, 0.25) is 0 Å². The van der Waals surface area contributed by atoms with Gasteiger partial charge in [-0.15, -0.1) is 0 Å². The zero-order valence-electron chi connectivity index (χ0n) is 25.1. The summed E-state index contributed by atoms with van der Waals surface area (Å²) < 4.78 is 0. The summed E-state index contributed by atoms with van der Waals surface area (Å²) in [4.78, 5) is 15.4. The molecule has 4 aliphatic rings. The Balaban J connectivity index is 0.000000131. The highest BCUT2D eigenvalue weighted by Crippen LogP contribution is 2.37. The van der Waals surface area contributed by atoms with E-state index >= 15 is 0 Å². The molecular formula is C36H48N4O3. The Labute approximate surface area is 256 Å². The predicted octanol–water partition coefficient (Wildman–Crippen LogP) is 4.52. The zero-order chi connectivity index (χ0) is 30.2. The van der Waals surface area contributed by atoms with Gasteiger partial charge in [0.1, 0.15) is 0 Å². The number of aliphatic carboxylic acids is 1. The third-order valence-corrected chi connectivity index (χ3v) is 9.81. The molecular weight excluding hydrogens is 536 g/mol. The number of carboxylic acids is 1. The normalized spacial score (nSPS) is 28.6. The molecule has 4 fully saturated rings. The fraction of sp³-hybridized carbons (Fsp3) is 0.472. The largest absolute Gasteiger partial charge is 0.479 e. The Bertz CT molecular complexity index is 1160. The summed E-state index contributed by atoms with van der Waals surface area (Å²) in [6, 6.07) is 30.8. The number of fused-ring (bicyclic) bond motifs is 4. The number of likely N-dealkylation sites (tertiary alicyclic amines) is 2. The lowest BCUT2D eigenvalue weighted by atomic mass is 9.93. The molecule has 2 saturated heterocycles. The van der Waals surface area contributed by atoms with Gasteiger partial charge in [-0.1, -0.05) is 91.0 Å². The van der Waals surface area contributed by atoms with Crippen molar-refractivity contribution in [2.45, 2.75) is 57.0 Å². The zero-order valence-corrected chi connectivity index (χ0v) is 25.1. The van der Waals surface area contributed by atoms with Gasteiger partial charge in [-0.2, -0.15) is 0 Å². The van der Waals surface area contributed by atoms with Crippen LogP contribution in [0.5, 0.6) is 0 Å². The van der Waals surface area contributed by atoms with Gasteiger partial charge in [-0.05, 0) is 66.0 Å². The van der Waals surface area contributed by atoms with Crippen molar-refractivity contribution in [3.8, 4) is 0 Å². The van der Waals surface area contributed by atoms with Crippen molar-refractivity contribution in [1.29, 1.82) is 0 Å². The number of rotatable bonds is 6. The quantitative estimate of drug-likeness (QED) is 0.337. The van der Waals surface area contributed by atoms with Crippen LogP contribution in [-0.4, -0.2) is 64.2 Å². The number of carbonyl (C=O) groups is 1. The number of nitrogens with zero attached hydrogens (tertiary/aromatic N) is 2. The molecule has 3 aromatic rings. The fourth-order valence-electron chi connectivity index (χ4n) is 7.44. The SMILES string of the molecule is NC1C2CCC1CN(Cc1ccccc1)C2.NC1C2CCC1CN(Cc1ccccc1)C2.O=C(O)[C@@H](O)c1ccccc1. The van der Waals surface area contributed by atoms with Crippen molar-refractivity contribution in [2.24, 2.45) is 35.1 Å². The molecule has 4 bridgehead atoms. The molecule has 2 heterocycles. The van der Waals surface area contributed by atoms with Crippen LogP contribution in [0, 0.1) is 23.7 Å². The minimum absolute atomic E-state index is 0.403. The number of aliphatic hydroxyl groups excluding tert-OH is 1. The standard InChI is InChI=1S/2C14H20N2.C8H8O3/c2*15-14-12-6-7-13(14)10-16(9-12)8-11-4-2-1-3-5-11;9-7(8(10)11)6-4-2-1-3-5-6/h2*1-5,12-14H,6-10,15H2;1-5,7,9H,(H,10,11)/t;;7-/m..0/s1. The lowest BCUT2D eigenvalue weighted by Crippen LogP contribution is -2.48. The number of piperidine rings is 2. The summed E-state index contributed by atoms with van der Waals surface area (Å²) >= 11 is 0. The second kappa shape index (κ2) is 15.1. The van der Waals surface area contributed by atoms with Crippen LogP contribution in [0.15, 0.2) is 91.0 Å². The molecule has 0 amide bonds. The van der Waals surface area contributed by atoms with E-state index in [1.807, 2.05) is 0 Å². The predicted molar refractivity (Wildman–Crippen MR) is 171 cm³/mol. The molecule has 0 spiro atoms. The van der Waals surface area contributed by atoms with Gasteiger partial charge in [0, 0.05) is 51.4 Å².